The zero-order valence-corrected chi connectivity index (χ0v) is 8.32. The largest absolute Gasteiger partial charge is 0.481 e. The third-order valence-corrected chi connectivity index (χ3v) is 2.24. The zero-order valence-electron chi connectivity index (χ0n) is 8.32. The molecule has 1 saturated heterocycles. The SMILES string of the molecule is CC1CN(CCC(=O)O)CCC(=O)N1. The molecule has 1 rings (SSSR count). The molecular weight excluding hydrogens is 184 g/mol. The number of hydrogen-bond donors (Lipinski definition) is 2. The quantitative estimate of drug-likeness (QED) is 0.654. The van der Waals surface area contributed by atoms with Crippen molar-refractivity contribution in [1.29, 1.82) is 0 Å². The Morgan fingerprint density at radius 3 is 3.07 bits per heavy atom. The highest BCUT2D eigenvalue weighted by molar-refractivity contribution is 5.76. The fourth-order valence-electron chi connectivity index (χ4n) is 1.59. The van der Waals surface area contributed by atoms with Crippen molar-refractivity contribution >= 4 is 11.9 Å². The van der Waals surface area contributed by atoms with Crippen molar-refractivity contribution in [2.45, 2.75) is 25.8 Å². The minimum atomic E-state index is -0.791. The molecule has 1 heterocycles. The van der Waals surface area contributed by atoms with E-state index in [1.54, 1.807) is 0 Å². The van der Waals surface area contributed by atoms with E-state index >= 15 is 0 Å². The van der Waals surface area contributed by atoms with E-state index in [9.17, 15) is 9.59 Å². The number of rotatable bonds is 3. The molecule has 0 aromatic heterocycles. The number of carbonyl (C=O) groups is 2. The normalized spacial score (nSPS) is 24.1. The van der Waals surface area contributed by atoms with Crippen molar-refractivity contribution in [2.75, 3.05) is 19.6 Å². The maximum absolute atomic E-state index is 11.1. The first-order valence-electron chi connectivity index (χ1n) is 4.81. The van der Waals surface area contributed by atoms with Gasteiger partial charge in [-0.2, -0.15) is 0 Å². The summed E-state index contributed by atoms with van der Waals surface area (Å²) in [6.07, 6.45) is 0.602. The highest BCUT2D eigenvalue weighted by Gasteiger charge is 2.18. The van der Waals surface area contributed by atoms with Crippen molar-refractivity contribution in [3.8, 4) is 0 Å². The number of hydrogen-bond acceptors (Lipinski definition) is 3. The molecule has 2 N–H and O–H groups in total. The Morgan fingerprint density at radius 2 is 2.43 bits per heavy atom. The topological polar surface area (TPSA) is 69.6 Å². The van der Waals surface area contributed by atoms with Crippen LogP contribution in [0.25, 0.3) is 0 Å². The average molecular weight is 200 g/mol. The van der Waals surface area contributed by atoms with Crippen LogP contribution in [-0.2, 0) is 9.59 Å². The van der Waals surface area contributed by atoms with Gasteiger partial charge in [-0.25, -0.2) is 0 Å². The Labute approximate surface area is 83.1 Å². The summed E-state index contributed by atoms with van der Waals surface area (Å²) in [7, 11) is 0. The Hall–Kier alpha value is -1.10. The van der Waals surface area contributed by atoms with E-state index in [0.29, 0.717) is 19.5 Å². The molecule has 0 spiro atoms. The first kappa shape index (κ1) is 11.0. The number of carbonyl (C=O) groups excluding carboxylic acids is 1. The standard InChI is InChI=1S/C9H16N2O3/c1-7-6-11(5-3-9(13)14)4-2-8(12)10-7/h7H,2-6H2,1H3,(H,10,12)(H,13,14). The van der Waals surface area contributed by atoms with Crippen LogP contribution in [0.15, 0.2) is 0 Å². The van der Waals surface area contributed by atoms with Crippen LogP contribution in [-0.4, -0.2) is 47.6 Å². The zero-order chi connectivity index (χ0) is 10.6. The predicted molar refractivity (Wildman–Crippen MR) is 50.9 cm³/mol. The Balaban J connectivity index is 2.37. The lowest BCUT2D eigenvalue weighted by molar-refractivity contribution is -0.137. The molecule has 0 radical (unpaired) electrons. The van der Waals surface area contributed by atoms with Crippen LogP contribution in [0.2, 0.25) is 0 Å². The molecule has 1 atom stereocenters. The molecule has 0 saturated carbocycles. The second-order valence-corrected chi connectivity index (χ2v) is 3.66. The molecule has 0 aliphatic carbocycles. The van der Waals surface area contributed by atoms with Gasteiger partial charge in [0.1, 0.15) is 0 Å². The van der Waals surface area contributed by atoms with E-state index in [1.807, 2.05) is 11.8 Å². The van der Waals surface area contributed by atoms with Gasteiger partial charge in [-0.05, 0) is 6.92 Å². The summed E-state index contributed by atoms with van der Waals surface area (Å²) in [5, 5.41) is 11.4. The van der Waals surface area contributed by atoms with Crippen molar-refractivity contribution in [1.82, 2.24) is 10.2 Å². The maximum atomic E-state index is 11.1. The van der Waals surface area contributed by atoms with E-state index < -0.39 is 5.97 Å². The fourth-order valence-corrected chi connectivity index (χ4v) is 1.59. The lowest BCUT2D eigenvalue weighted by Crippen LogP contribution is -2.37. The van der Waals surface area contributed by atoms with Gasteiger partial charge in [0.15, 0.2) is 0 Å². The molecule has 0 aromatic carbocycles. The van der Waals surface area contributed by atoms with Gasteiger partial charge in [-0.1, -0.05) is 0 Å². The molecule has 1 fully saturated rings. The van der Waals surface area contributed by atoms with Gasteiger partial charge in [0.2, 0.25) is 5.91 Å². The molecule has 1 aliphatic rings. The highest BCUT2D eigenvalue weighted by atomic mass is 16.4. The molecule has 5 nitrogen and oxygen atoms in total. The van der Waals surface area contributed by atoms with Crippen molar-refractivity contribution in [2.24, 2.45) is 0 Å². The summed E-state index contributed by atoms with van der Waals surface area (Å²) in [4.78, 5) is 23.5. The molecule has 1 unspecified atom stereocenters. The van der Waals surface area contributed by atoms with Gasteiger partial charge in [-0.3, -0.25) is 9.59 Å². The second-order valence-electron chi connectivity index (χ2n) is 3.66. The Kier molecular flexibility index (Phi) is 3.88. The predicted octanol–water partition coefficient (Wildman–Crippen LogP) is -0.328. The van der Waals surface area contributed by atoms with Crippen LogP contribution in [0.1, 0.15) is 19.8 Å². The van der Waals surface area contributed by atoms with Gasteiger partial charge >= 0.3 is 5.97 Å². The molecule has 5 heteroatoms. The van der Waals surface area contributed by atoms with Gasteiger partial charge in [0.25, 0.3) is 0 Å². The first-order valence-corrected chi connectivity index (χ1v) is 4.81. The van der Waals surface area contributed by atoms with Crippen LogP contribution in [0.3, 0.4) is 0 Å². The summed E-state index contributed by atoms with van der Waals surface area (Å²) >= 11 is 0. The van der Waals surface area contributed by atoms with E-state index in [1.165, 1.54) is 0 Å². The Bertz CT molecular complexity index is 230. The van der Waals surface area contributed by atoms with E-state index in [2.05, 4.69) is 5.32 Å². The number of nitrogens with zero attached hydrogens (tertiary/aromatic N) is 1. The molecule has 1 aliphatic heterocycles. The van der Waals surface area contributed by atoms with Crippen LogP contribution >= 0.6 is 0 Å². The van der Waals surface area contributed by atoms with Crippen molar-refractivity contribution in [3.63, 3.8) is 0 Å². The van der Waals surface area contributed by atoms with Gasteiger partial charge in [-0.15, -0.1) is 0 Å². The minimum Gasteiger partial charge on any atom is -0.481 e. The van der Waals surface area contributed by atoms with Crippen LogP contribution in [0.4, 0.5) is 0 Å². The lowest BCUT2D eigenvalue weighted by Gasteiger charge is -2.20. The number of carboxylic acid groups (broad SMARTS) is 1. The monoisotopic (exact) mass is 200 g/mol. The third-order valence-electron chi connectivity index (χ3n) is 2.24. The smallest absolute Gasteiger partial charge is 0.304 e. The lowest BCUT2D eigenvalue weighted by atomic mass is 10.3. The molecule has 0 aromatic rings. The number of aliphatic carboxylic acids is 1. The van der Waals surface area contributed by atoms with Gasteiger partial charge in [0.05, 0.1) is 6.42 Å². The maximum Gasteiger partial charge on any atom is 0.304 e. The van der Waals surface area contributed by atoms with E-state index in [4.69, 9.17) is 5.11 Å². The summed E-state index contributed by atoms with van der Waals surface area (Å²) in [6.45, 7) is 3.84. The van der Waals surface area contributed by atoms with Crippen LogP contribution in [0.5, 0.6) is 0 Å². The number of nitrogens with one attached hydrogen (secondary N) is 1. The first-order chi connectivity index (χ1) is 6.58. The summed E-state index contributed by atoms with van der Waals surface area (Å²) in [5.74, 6) is -0.739. The fraction of sp³-hybridized carbons (Fsp3) is 0.778. The molecule has 1 amide bonds. The number of carboxylic acids is 1. The van der Waals surface area contributed by atoms with Crippen molar-refractivity contribution in [3.05, 3.63) is 0 Å². The molecular formula is C9H16N2O3. The second kappa shape index (κ2) is 4.95. The summed E-state index contributed by atoms with van der Waals surface area (Å²) < 4.78 is 0. The molecule has 80 valence electrons. The van der Waals surface area contributed by atoms with Crippen LogP contribution in [0, 0.1) is 0 Å². The molecule has 14 heavy (non-hydrogen) atoms. The summed E-state index contributed by atoms with van der Waals surface area (Å²) in [5.41, 5.74) is 0. The van der Waals surface area contributed by atoms with Gasteiger partial charge in [0, 0.05) is 32.1 Å². The minimum absolute atomic E-state index is 0.0512. The van der Waals surface area contributed by atoms with Gasteiger partial charge < -0.3 is 15.3 Å². The Morgan fingerprint density at radius 1 is 1.71 bits per heavy atom. The summed E-state index contributed by atoms with van der Waals surface area (Å²) in [6, 6.07) is 0.110. The highest BCUT2D eigenvalue weighted by Crippen LogP contribution is 2.02. The third kappa shape index (κ3) is 3.74. The van der Waals surface area contributed by atoms with Crippen molar-refractivity contribution < 1.29 is 14.7 Å². The number of amides is 1. The molecule has 0 bridgehead atoms. The van der Waals surface area contributed by atoms with Crippen LogP contribution < -0.4 is 5.32 Å². The average Bonchev–Trinajstić information content (AvgIpc) is 2.23. The van der Waals surface area contributed by atoms with E-state index in [0.717, 1.165) is 6.54 Å². The van der Waals surface area contributed by atoms with E-state index in [-0.39, 0.29) is 18.4 Å².